The number of aryl methyl sites for hydroxylation is 1. The third-order valence-electron chi connectivity index (χ3n) is 4.95. The molecule has 1 unspecified atom stereocenters. The number of hydrogen-bond acceptors (Lipinski definition) is 8. The highest BCUT2D eigenvalue weighted by atomic mass is 32.2. The van der Waals surface area contributed by atoms with Crippen molar-refractivity contribution in [2.24, 2.45) is 5.41 Å². The molecule has 3 rings (SSSR count). The molecule has 0 saturated carbocycles. The number of furan rings is 1. The second-order valence-electron chi connectivity index (χ2n) is 8.59. The van der Waals surface area contributed by atoms with Gasteiger partial charge in [0.1, 0.15) is 11.5 Å². The summed E-state index contributed by atoms with van der Waals surface area (Å²) in [5, 5.41) is 18.3. The molecule has 1 aromatic carbocycles. The van der Waals surface area contributed by atoms with Crippen LogP contribution in [0.1, 0.15) is 54.3 Å². The number of nitrogens with one attached hydrogen (secondary N) is 3. The van der Waals surface area contributed by atoms with E-state index in [1.54, 1.807) is 19.1 Å². The van der Waals surface area contributed by atoms with E-state index in [0.717, 1.165) is 13.1 Å². The Balaban J connectivity index is 2.02. The molecule has 34 heavy (non-hydrogen) atoms. The molecule has 4 N–H and O–H groups in total. The normalized spacial score (nSPS) is 13.5. The highest BCUT2D eigenvalue weighted by Gasteiger charge is 2.38. The lowest BCUT2D eigenvalue weighted by molar-refractivity contribution is -0.138. The molecule has 0 spiro atoms. The zero-order valence-electron chi connectivity index (χ0n) is 19.0. The number of phenolic OH excluding ortho intramolecular Hbond substituents is 1. The van der Waals surface area contributed by atoms with Gasteiger partial charge in [0.05, 0.1) is 22.9 Å². The number of halogens is 3. The lowest BCUT2D eigenvalue weighted by Crippen LogP contribution is -2.26. The summed E-state index contributed by atoms with van der Waals surface area (Å²) in [5.74, 6) is -0.835. The number of amides is 1. The number of hydrogen-bond donors (Lipinski definition) is 4. The molecule has 0 aliphatic carbocycles. The van der Waals surface area contributed by atoms with Crippen LogP contribution in [-0.4, -0.2) is 31.4 Å². The summed E-state index contributed by atoms with van der Waals surface area (Å²) in [5.41, 5.74) is -2.91. The zero-order chi connectivity index (χ0) is 25.4. The maximum atomic E-state index is 13.4. The number of carbonyl (C=O) groups is 1. The van der Waals surface area contributed by atoms with Gasteiger partial charge in [-0.2, -0.15) is 13.2 Å². The maximum absolute atomic E-state index is 13.4. The monoisotopic (exact) mass is 499 g/mol. The molecule has 0 radical (unpaired) electrons. The van der Waals surface area contributed by atoms with E-state index in [4.69, 9.17) is 4.42 Å². The Morgan fingerprint density at radius 1 is 1.15 bits per heavy atom. The molecule has 2 atom stereocenters. The topological polar surface area (TPSA) is 135 Å². The number of carbonyl (C=O) groups excluding carboxylic acids is 1. The Morgan fingerprint density at radius 2 is 1.79 bits per heavy atom. The lowest BCUT2D eigenvalue weighted by atomic mass is 9.85. The van der Waals surface area contributed by atoms with E-state index >= 15 is 0 Å². The summed E-state index contributed by atoms with van der Waals surface area (Å²) in [6.45, 7) is 7.61. The van der Waals surface area contributed by atoms with Crippen LogP contribution >= 0.6 is 11.1 Å². The highest BCUT2D eigenvalue weighted by molar-refractivity contribution is 7.14. The summed E-state index contributed by atoms with van der Waals surface area (Å²) in [6.07, 6.45) is -4.88. The van der Waals surface area contributed by atoms with Crippen molar-refractivity contribution < 1.29 is 32.0 Å². The van der Waals surface area contributed by atoms with Crippen molar-refractivity contribution in [1.82, 2.24) is 14.1 Å². The summed E-state index contributed by atoms with van der Waals surface area (Å²) >= 11 is -2.01. The number of rotatable bonds is 6. The SMILES string of the molecule is CNC(=O)c1c(C(F)(F)F)ccc(Nc2n[s+]([O-])nc2N[C@@H](c2ccc(C)o2)C(C)(C)C)c1O. The van der Waals surface area contributed by atoms with Crippen LogP contribution in [0.5, 0.6) is 5.75 Å². The van der Waals surface area contributed by atoms with E-state index in [0.29, 0.717) is 17.6 Å². The van der Waals surface area contributed by atoms with E-state index in [9.17, 15) is 27.6 Å². The molecular formula is C21H24F3N5O4S. The van der Waals surface area contributed by atoms with Crippen molar-refractivity contribution in [3.8, 4) is 5.75 Å². The van der Waals surface area contributed by atoms with Crippen molar-refractivity contribution in [2.45, 2.75) is 39.9 Å². The largest absolute Gasteiger partial charge is 0.546 e. The Morgan fingerprint density at radius 3 is 2.32 bits per heavy atom. The van der Waals surface area contributed by atoms with E-state index in [-0.39, 0.29) is 17.3 Å². The van der Waals surface area contributed by atoms with E-state index in [1.165, 1.54) is 0 Å². The van der Waals surface area contributed by atoms with Gasteiger partial charge in [0.15, 0.2) is 16.9 Å². The van der Waals surface area contributed by atoms with Gasteiger partial charge in [0, 0.05) is 15.8 Å². The maximum Gasteiger partial charge on any atom is 0.417 e. The first-order valence-corrected chi connectivity index (χ1v) is 11.1. The van der Waals surface area contributed by atoms with E-state index in [2.05, 4.69) is 24.7 Å². The van der Waals surface area contributed by atoms with Crippen LogP contribution in [0.4, 0.5) is 30.5 Å². The van der Waals surface area contributed by atoms with Crippen LogP contribution in [0.3, 0.4) is 0 Å². The molecule has 0 aliphatic rings. The fraction of sp³-hybridized carbons (Fsp3) is 0.381. The molecule has 0 aliphatic heterocycles. The van der Waals surface area contributed by atoms with Gasteiger partial charge in [-0.3, -0.25) is 4.79 Å². The van der Waals surface area contributed by atoms with Crippen molar-refractivity contribution in [1.29, 1.82) is 0 Å². The molecule has 13 heteroatoms. The third-order valence-corrected chi connectivity index (χ3v) is 5.62. The molecule has 2 aromatic heterocycles. The number of phenols is 1. The molecule has 1 amide bonds. The van der Waals surface area contributed by atoms with Crippen LogP contribution in [0.15, 0.2) is 28.7 Å². The quantitative estimate of drug-likeness (QED) is 0.271. The number of aromatic hydroxyl groups is 1. The van der Waals surface area contributed by atoms with Crippen molar-refractivity contribution >= 4 is 34.4 Å². The van der Waals surface area contributed by atoms with Gasteiger partial charge in [-0.1, -0.05) is 20.8 Å². The summed E-state index contributed by atoms with van der Waals surface area (Å²) in [4.78, 5) is 12.1. The second-order valence-corrected chi connectivity index (χ2v) is 9.42. The fourth-order valence-corrected chi connectivity index (χ4v) is 3.93. The predicted molar refractivity (Wildman–Crippen MR) is 120 cm³/mol. The molecule has 0 fully saturated rings. The molecule has 2 heterocycles. The first-order valence-electron chi connectivity index (χ1n) is 10.1. The number of anilines is 3. The van der Waals surface area contributed by atoms with Gasteiger partial charge in [0.2, 0.25) is 11.6 Å². The average Bonchev–Trinajstić information content (AvgIpc) is 3.29. The summed E-state index contributed by atoms with van der Waals surface area (Å²) in [6, 6.07) is 4.74. The highest BCUT2D eigenvalue weighted by Crippen LogP contribution is 2.42. The number of aromatic nitrogens is 2. The predicted octanol–water partition coefficient (Wildman–Crippen LogP) is 5.13. The Labute approximate surface area is 196 Å². The van der Waals surface area contributed by atoms with Crippen LogP contribution in [-0.2, 0) is 6.18 Å². The Hall–Kier alpha value is -3.32. The van der Waals surface area contributed by atoms with E-state index in [1.807, 2.05) is 20.8 Å². The van der Waals surface area contributed by atoms with Gasteiger partial charge in [-0.25, -0.2) is 0 Å². The molecule has 9 nitrogen and oxygen atoms in total. The van der Waals surface area contributed by atoms with Gasteiger partial charge in [-0.15, -0.1) is 0 Å². The summed E-state index contributed by atoms with van der Waals surface area (Å²) < 4.78 is 65.7. The van der Waals surface area contributed by atoms with Crippen molar-refractivity contribution in [3.05, 3.63) is 46.9 Å². The number of benzene rings is 1. The minimum Gasteiger partial charge on any atom is -0.546 e. The van der Waals surface area contributed by atoms with Crippen molar-refractivity contribution in [3.63, 3.8) is 0 Å². The molecule has 0 saturated heterocycles. The van der Waals surface area contributed by atoms with Crippen LogP contribution in [0.2, 0.25) is 0 Å². The summed E-state index contributed by atoms with van der Waals surface area (Å²) in [7, 11) is 1.14. The second kappa shape index (κ2) is 9.14. The van der Waals surface area contributed by atoms with E-state index < -0.39 is 51.6 Å². The standard InChI is InChI=1S/C21H24F3N5O4S/c1-10-6-9-13(33-10)16(20(2,3)4)27-18-17(28-34(32)29-18)26-12-8-7-11(21(22,23)24)14(15(12)30)19(31)25-5/h6-9,16,30H,1-5H3,(H,25,31)(H,26,28)(H,27,29)/t16-,34?/m0/s1. The minimum atomic E-state index is -4.88. The molecule has 184 valence electrons. The van der Waals surface area contributed by atoms with Gasteiger partial charge in [-0.05, 0) is 36.6 Å². The lowest BCUT2D eigenvalue weighted by Gasteiger charge is -2.29. The van der Waals surface area contributed by atoms with Crippen LogP contribution in [0, 0.1) is 12.3 Å². The Bertz CT molecular complexity index is 1200. The van der Waals surface area contributed by atoms with Crippen LogP contribution in [0.25, 0.3) is 0 Å². The average molecular weight is 500 g/mol. The molecule has 3 aromatic rings. The first kappa shape index (κ1) is 25.3. The Kier molecular flexibility index (Phi) is 6.80. The van der Waals surface area contributed by atoms with Gasteiger partial charge in [0.25, 0.3) is 5.91 Å². The molecule has 0 bridgehead atoms. The zero-order valence-corrected chi connectivity index (χ0v) is 19.8. The van der Waals surface area contributed by atoms with Gasteiger partial charge < -0.3 is 30.0 Å². The molecular weight excluding hydrogens is 475 g/mol. The van der Waals surface area contributed by atoms with Gasteiger partial charge >= 0.3 is 6.18 Å². The fourth-order valence-electron chi connectivity index (χ4n) is 3.31. The minimum absolute atomic E-state index is 0.0492. The third kappa shape index (κ3) is 5.25. The number of alkyl halides is 3. The smallest absolute Gasteiger partial charge is 0.417 e. The van der Waals surface area contributed by atoms with Crippen molar-refractivity contribution in [2.75, 3.05) is 17.7 Å². The van der Waals surface area contributed by atoms with Crippen LogP contribution < -0.4 is 16.0 Å². The first-order chi connectivity index (χ1) is 15.7. The number of nitrogens with zero attached hydrogens (tertiary/aromatic N) is 2.